The third-order valence-corrected chi connectivity index (χ3v) is 6.24. The molecular formula is C17H26FNS. The first kappa shape index (κ1) is 15.6. The van der Waals surface area contributed by atoms with E-state index in [2.05, 4.69) is 50.0 Å². The smallest absolute Gasteiger partial charge is 0.0943 e. The van der Waals surface area contributed by atoms with Gasteiger partial charge in [-0.3, -0.25) is 4.99 Å². The molecule has 1 aromatic rings. The Morgan fingerprint density at radius 2 is 1.90 bits per heavy atom. The molecule has 1 aliphatic heterocycles. The van der Waals surface area contributed by atoms with Gasteiger partial charge in [0.1, 0.15) is 0 Å². The molecule has 0 N–H and O–H groups in total. The van der Waals surface area contributed by atoms with E-state index >= 15 is 0 Å². The number of halogens is 1. The number of rotatable bonds is 6. The van der Waals surface area contributed by atoms with Gasteiger partial charge in [0.2, 0.25) is 0 Å². The molecular weight excluding hydrogens is 269 g/mol. The normalized spacial score (nSPS) is 26.6. The number of nitrogens with zero attached hydrogens (tertiary/aromatic N) is 1. The van der Waals surface area contributed by atoms with Crippen LogP contribution < -0.4 is 0 Å². The molecule has 1 heterocycles. The lowest BCUT2D eigenvalue weighted by Crippen LogP contribution is -2.06. The van der Waals surface area contributed by atoms with Gasteiger partial charge in [0.15, 0.2) is 0 Å². The van der Waals surface area contributed by atoms with E-state index in [9.17, 15) is 3.89 Å². The minimum absolute atomic E-state index is 0.434. The summed E-state index contributed by atoms with van der Waals surface area (Å²) in [6, 6.07) is 8.88. The molecule has 2 atom stereocenters. The van der Waals surface area contributed by atoms with E-state index in [-0.39, 0.29) is 0 Å². The van der Waals surface area contributed by atoms with E-state index in [1.165, 1.54) is 11.1 Å². The van der Waals surface area contributed by atoms with Crippen LogP contribution in [0.25, 0.3) is 0 Å². The highest BCUT2D eigenvalue weighted by molar-refractivity contribution is 8.30. The van der Waals surface area contributed by atoms with Gasteiger partial charge < -0.3 is 0 Å². The van der Waals surface area contributed by atoms with E-state index in [1.54, 1.807) is 6.21 Å². The second-order valence-corrected chi connectivity index (χ2v) is 9.21. The maximum atomic E-state index is 14.4. The molecule has 20 heavy (non-hydrogen) atoms. The first-order chi connectivity index (χ1) is 9.48. The van der Waals surface area contributed by atoms with Gasteiger partial charge in [-0.1, -0.05) is 55.5 Å². The quantitative estimate of drug-likeness (QED) is 0.691. The van der Waals surface area contributed by atoms with Gasteiger partial charge in [-0.05, 0) is 35.8 Å². The molecule has 0 saturated heterocycles. The van der Waals surface area contributed by atoms with Crippen molar-refractivity contribution in [2.24, 2.45) is 10.9 Å². The minimum atomic E-state index is -1.95. The molecule has 0 fully saturated rings. The molecule has 0 radical (unpaired) electrons. The summed E-state index contributed by atoms with van der Waals surface area (Å²) in [5.74, 6) is 2.83. The Hall–Kier alpha value is -0.830. The number of hydrogen-bond donors (Lipinski definition) is 0. The maximum Gasteiger partial charge on any atom is 0.0943 e. The average Bonchev–Trinajstić information content (AvgIpc) is 2.84. The van der Waals surface area contributed by atoms with Crippen molar-refractivity contribution in [2.45, 2.75) is 39.5 Å². The van der Waals surface area contributed by atoms with Gasteiger partial charge in [-0.25, -0.2) is 0 Å². The zero-order valence-electron chi connectivity index (χ0n) is 12.8. The molecule has 0 aliphatic carbocycles. The molecule has 0 saturated carbocycles. The van der Waals surface area contributed by atoms with E-state index in [0.29, 0.717) is 29.2 Å². The van der Waals surface area contributed by atoms with Crippen LogP contribution in [0.1, 0.15) is 44.2 Å². The zero-order valence-corrected chi connectivity index (χ0v) is 13.6. The summed E-state index contributed by atoms with van der Waals surface area (Å²) < 4.78 is 14.4. The Kier molecular flexibility index (Phi) is 5.25. The molecule has 3 heteroatoms. The van der Waals surface area contributed by atoms with Crippen molar-refractivity contribution in [2.75, 3.05) is 17.4 Å². The number of aliphatic imine (C=N–C) groups is 1. The second-order valence-electron chi connectivity index (χ2n) is 6.33. The van der Waals surface area contributed by atoms with Gasteiger partial charge in [0.25, 0.3) is 0 Å². The maximum absolute atomic E-state index is 14.4. The number of benzene rings is 1. The van der Waals surface area contributed by atoms with Crippen molar-refractivity contribution in [3.63, 3.8) is 0 Å². The highest BCUT2D eigenvalue weighted by Gasteiger charge is 2.26. The van der Waals surface area contributed by atoms with Crippen LogP contribution in [0.2, 0.25) is 0 Å². The molecule has 112 valence electrons. The first-order valence-corrected chi connectivity index (χ1v) is 9.56. The highest BCUT2D eigenvalue weighted by Crippen LogP contribution is 2.52. The van der Waals surface area contributed by atoms with Gasteiger partial charge >= 0.3 is 0 Å². The Labute approximate surface area is 124 Å². The van der Waals surface area contributed by atoms with Gasteiger partial charge in [-0.15, -0.1) is 0 Å². The third-order valence-electron chi connectivity index (χ3n) is 3.92. The van der Waals surface area contributed by atoms with Crippen molar-refractivity contribution in [3.8, 4) is 0 Å². The van der Waals surface area contributed by atoms with Crippen molar-refractivity contribution in [1.82, 2.24) is 0 Å². The average molecular weight is 295 g/mol. The minimum Gasteiger partial charge on any atom is -0.285 e. The first-order valence-electron chi connectivity index (χ1n) is 7.52. The Morgan fingerprint density at radius 3 is 2.45 bits per heavy atom. The summed E-state index contributed by atoms with van der Waals surface area (Å²) in [6.45, 7) is 6.68. The van der Waals surface area contributed by atoms with Crippen molar-refractivity contribution >= 4 is 16.6 Å². The standard InChI is InChI=1S/C17H26FNS/c1-14(2)12-16-4-6-17(7-5-16)15(3)8-10-20(18)11-9-19-13-20/h4-7,9,14-15H,8,10-13H2,1-3H3. The van der Waals surface area contributed by atoms with Crippen LogP contribution in [0, 0.1) is 5.92 Å². The summed E-state index contributed by atoms with van der Waals surface area (Å²) in [4.78, 5) is 4.06. The van der Waals surface area contributed by atoms with Crippen molar-refractivity contribution in [1.29, 1.82) is 0 Å². The van der Waals surface area contributed by atoms with Gasteiger partial charge in [0, 0.05) is 17.7 Å². The van der Waals surface area contributed by atoms with Crippen LogP contribution in [-0.2, 0) is 6.42 Å². The number of hydrogen-bond acceptors (Lipinski definition) is 1. The van der Waals surface area contributed by atoms with Crippen LogP contribution >= 0.6 is 10.4 Å². The topological polar surface area (TPSA) is 12.4 Å². The Bertz CT molecular complexity index is 445. The monoisotopic (exact) mass is 295 g/mol. The molecule has 2 unspecified atom stereocenters. The molecule has 1 aromatic carbocycles. The van der Waals surface area contributed by atoms with Crippen LogP contribution in [0.5, 0.6) is 0 Å². The predicted molar refractivity (Wildman–Crippen MR) is 89.8 cm³/mol. The summed E-state index contributed by atoms with van der Waals surface area (Å²) in [6.07, 6.45) is 3.82. The van der Waals surface area contributed by atoms with Crippen LogP contribution in [0.15, 0.2) is 29.3 Å². The third kappa shape index (κ3) is 4.34. The second kappa shape index (κ2) is 6.75. The fraction of sp³-hybridized carbons (Fsp3) is 0.588. The van der Waals surface area contributed by atoms with E-state index in [1.807, 2.05) is 0 Å². The predicted octanol–water partition coefficient (Wildman–Crippen LogP) is 5.11. The molecule has 0 amide bonds. The van der Waals surface area contributed by atoms with Gasteiger partial charge in [0.05, 0.1) is 5.88 Å². The van der Waals surface area contributed by atoms with Crippen LogP contribution in [0.4, 0.5) is 3.89 Å². The molecule has 0 bridgehead atoms. The fourth-order valence-electron chi connectivity index (χ4n) is 2.58. The summed E-state index contributed by atoms with van der Waals surface area (Å²) in [5, 5.41) is 0. The molecule has 1 aliphatic rings. The SMILES string of the molecule is CC(C)Cc1ccc(C(C)CCS2(F)CC=NC2)cc1. The molecule has 1 nitrogen and oxygen atoms in total. The van der Waals surface area contributed by atoms with E-state index in [0.717, 1.165) is 12.8 Å². The van der Waals surface area contributed by atoms with Gasteiger partial charge in [-0.2, -0.15) is 3.89 Å². The fourth-order valence-corrected chi connectivity index (χ4v) is 4.50. The Balaban J connectivity index is 1.87. The van der Waals surface area contributed by atoms with Crippen molar-refractivity contribution in [3.05, 3.63) is 35.4 Å². The lowest BCUT2D eigenvalue weighted by molar-refractivity contribution is 0.646. The van der Waals surface area contributed by atoms with Crippen LogP contribution in [-0.4, -0.2) is 23.6 Å². The van der Waals surface area contributed by atoms with E-state index in [4.69, 9.17) is 0 Å². The highest BCUT2D eigenvalue weighted by atomic mass is 32.3. The molecule has 0 aromatic heterocycles. The summed E-state index contributed by atoms with van der Waals surface area (Å²) >= 11 is 0. The molecule has 2 rings (SSSR count). The van der Waals surface area contributed by atoms with Crippen LogP contribution in [0.3, 0.4) is 0 Å². The summed E-state index contributed by atoms with van der Waals surface area (Å²) in [5.41, 5.74) is 2.73. The van der Waals surface area contributed by atoms with Crippen molar-refractivity contribution < 1.29 is 3.89 Å². The summed E-state index contributed by atoms with van der Waals surface area (Å²) in [7, 11) is -1.95. The lowest BCUT2D eigenvalue weighted by Gasteiger charge is -2.25. The largest absolute Gasteiger partial charge is 0.285 e. The van der Waals surface area contributed by atoms with E-state index < -0.39 is 10.4 Å². The lowest BCUT2D eigenvalue weighted by atomic mass is 9.95. The Morgan fingerprint density at radius 1 is 1.20 bits per heavy atom. The zero-order chi connectivity index (χ0) is 14.6. The molecule has 0 spiro atoms.